The Morgan fingerprint density at radius 1 is 1.09 bits per heavy atom. The molecule has 4 rings (SSSR count). The number of halogens is 1. The summed E-state index contributed by atoms with van der Waals surface area (Å²) in [7, 11) is 0. The Balaban J connectivity index is 1.35. The van der Waals surface area contributed by atoms with Crippen molar-refractivity contribution in [3.63, 3.8) is 0 Å². The standard InChI is InChI=1S/C26H36FN5O3/c1-17-13-20(7-8-22(17)27)30-9-11-31(12-10-30)24(33)14-29-23-6-4-5-21(23)25(28)26(34)32-15-18(2)35-19(3)16-32/h7-8,13,18-19H,4-6,9-12,14-16,28H2,1-3H3/t18-,19+. The molecule has 9 heteroatoms. The van der Waals surface area contributed by atoms with Gasteiger partial charge in [0.1, 0.15) is 18.1 Å². The fourth-order valence-corrected chi connectivity index (χ4v) is 5.14. The summed E-state index contributed by atoms with van der Waals surface area (Å²) >= 11 is 0. The summed E-state index contributed by atoms with van der Waals surface area (Å²) < 4.78 is 19.3. The van der Waals surface area contributed by atoms with Gasteiger partial charge < -0.3 is 25.2 Å². The van der Waals surface area contributed by atoms with Gasteiger partial charge in [0.2, 0.25) is 5.91 Å². The molecule has 0 spiro atoms. The number of rotatable bonds is 4. The van der Waals surface area contributed by atoms with Crippen LogP contribution in [0.3, 0.4) is 0 Å². The number of aryl methyl sites for hydroxylation is 1. The number of carbonyl (C=O) groups excluding carboxylic acids is 2. The van der Waals surface area contributed by atoms with Gasteiger partial charge in [-0.05, 0) is 63.8 Å². The van der Waals surface area contributed by atoms with Crippen molar-refractivity contribution in [3.05, 3.63) is 40.8 Å². The summed E-state index contributed by atoms with van der Waals surface area (Å²) in [5.74, 6) is -0.409. The largest absolute Gasteiger partial charge is 0.394 e. The number of benzene rings is 1. The predicted molar refractivity (Wildman–Crippen MR) is 134 cm³/mol. The van der Waals surface area contributed by atoms with E-state index in [1.807, 2.05) is 24.8 Å². The van der Waals surface area contributed by atoms with E-state index in [4.69, 9.17) is 10.5 Å². The first-order chi connectivity index (χ1) is 16.7. The fourth-order valence-electron chi connectivity index (χ4n) is 5.14. The highest BCUT2D eigenvalue weighted by atomic mass is 19.1. The van der Waals surface area contributed by atoms with E-state index in [1.54, 1.807) is 17.9 Å². The number of anilines is 1. The molecule has 1 aromatic carbocycles. The zero-order valence-corrected chi connectivity index (χ0v) is 20.9. The average Bonchev–Trinajstić information content (AvgIpc) is 3.31. The van der Waals surface area contributed by atoms with Crippen LogP contribution < -0.4 is 10.6 Å². The van der Waals surface area contributed by atoms with Crippen LogP contribution in [0.4, 0.5) is 10.1 Å². The number of amides is 2. The maximum atomic E-state index is 13.6. The topological polar surface area (TPSA) is 91.5 Å². The summed E-state index contributed by atoms with van der Waals surface area (Å²) in [4.78, 5) is 36.2. The van der Waals surface area contributed by atoms with Gasteiger partial charge in [0.25, 0.3) is 5.91 Å². The molecule has 3 aliphatic rings. The van der Waals surface area contributed by atoms with Gasteiger partial charge in [-0.1, -0.05) is 0 Å². The monoisotopic (exact) mass is 485 g/mol. The van der Waals surface area contributed by atoms with Crippen molar-refractivity contribution < 1.29 is 18.7 Å². The molecule has 3 fully saturated rings. The quantitative estimate of drug-likeness (QED) is 0.661. The van der Waals surface area contributed by atoms with Crippen LogP contribution in [0.2, 0.25) is 0 Å². The van der Waals surface area contributed by atoms with E-state index in [1.165, 1.54) is 6.07 Å². The first-order valence-corrected chi connectivity index (χ1v) is 12.5. The third-order valence-electron chi connectivity index (χ3n) is 7.00. The van der Waals surface area contributed by atoms with Crippen LogP contribution in [0, 0.1) is 12.7 Å². The Hall–Kier alpha value is -2.94. The zero-order valence-electron chi connectivity index (χ0n) is 20.9. The van der Waals surface area contributed by atoms with E-state index in [2.05, 4.69) is 9.89 Å². The first kappa shape index (κ1) is 25.2. The molecule has 190 valence electrons. The van der Waals surface area contributed by atoms with Crippen LogP contribution in [0.1, 0.15) is 38.7 Å². The van der Waals surface area contributed by atoms with Crippen LogP contribution in [-0.4, -0.2) is 85.3 Å². The molecule has 0 unspecified atom stereocenters. The lowest BCUT2D eigenvalue weighted by molar-refractivity contribution is -0.139. The molecule has 1 saturated carbocycles. The highest BCUT2D eigenvalue weighted by Gasteiger charge is 2.30. The molecule has 35 heavy (non-hydrogen) atoms. The van der Waals surface area contributed by atoms with E-state index < -0.39 is 0 Å². The van der Waals surface area contributed by atoms with Crippen LogP contribution in [0.5, 0.6) is 0 Å². The van der Waals surface area contributed by atoms with Gasteiger partial charge in [0.15, 0.2) is 0 Å². The SMILES string of the molecule is Cc1cc(N2CCN(C(=O)CN=C3CCCC3=C(N)C(=O)N3C[C@@H](C)O[C@@H](C)C3)CC2)ccc1F. The van der Waals surface area contributed by atoms with Gasteiger partial charge in [0, 0.05) is 56.2 Å². The van der Waals surface area contributed by atoms with E-state index in [0.29, 0.717) is 51.3 Å². The molecule has 2 atom stereocenters. The van der Waals surface area contributed by atoms with Crippen molar-refractivity contribution in [2.24, 2.45) is 10.7 Å². The second-order valence-electron chi connectivity index (χ2n) is 9.78. The van der Waals surface area contributed by atoms with Crippen LogP contribution in [-0.2, 0) is 14.3 Å². The summed E-state index contributed by atoms with van der Waals surface area (Å²) in [5.41, 5.74) is 9.72. The van der Waals surface area contributed by atoms with Crippen molar-refractivity contribution in [2.45, 2.75) is 52.2 Å². The molecule has 0 bridgehead atoms. The summed E-state index contributed by atoms with van der Waals surface area (Å²) in [6.45, 7) is 9.33. The molecule has 2 N–H and O–H groups in total. The molecule has 2 amide bonds. The highest BCUT2D eigenvalue weighted by molar-refractivity contribution is 6.09. The van der Waals surface area contributed by atoms with Crippen LogP contribution in [0.15, 0.2) is 34.5 Å². The van der Waals surface area contributed by atoms with E-state index in [0.717, 1.165) is 29.8 Å². The smallest absolute Gasteiger partial charge is 0.270 e. The Bertz CT molecular complexity index is 1020. The minimum Gasteiger partial charge on any atom is -0.394 e. The van der Waals surface area contributed by atoms with Gasteiger partial charge in [-0.25, -0.2) is 4.39 Å². The lowest BCUT2D eigenvalue weighted by atomic mass is 10.1. The maximum absolute atomic E-state index is 13.6. The molecule has 2 heterocycles. The molecule has 8 nitrogen and oxygen atoms in total. The number of hydrogen-bond donors (Lipinski definition) is 1. The summed E-state index contributed by atoms with van der Waals surface area (Å²) in [5, 5.41) is 0. The third kappa shape index (κ3) is 5.83. The Morgan fingerprint density at radius 2 is 1.77 bits per heavy atom. The van der Waals surface area contributed by atoms with Crippen molar-refractivity contribution in [2.75, 3.05) is 50.7 Å². The number of ether oxygens (including phenoxy) is 1. The predicted octanol–water partition coefficient (Wildman–Crippen LogP) is 2.26. The number of nitrogens with zero attached hydrogens (tertiary/aromatic N) is 4. The van der Waals surface area contributed by atoms with Crippen molar-refractivity contribution in [1.29, 1.82) is 0 Å². The average molecular weight is 486 g/mol. The second kappa shape index (κ2) is 10.8. The summed E-state index contributed by atoms with van der Waals surface area (Å²) in [6.07, 6.45) is 2.26. The zero-order chi connectivity index (χ0) is 25.1. The first-order valence-electron chi connectivity index (χ1n) is 12.5. The fraction of sp³-hybridized carbons (Fsp3) is 0.577. The molecular formula is C26H36FN5O3. The number of aliphatic imine (C=N–C) groups is 1. The Kier molecular flexibility index (Phi) is 7.74. The Labute approximate surface area is 206 Å². The van der Waals surface area contributed by atoms with Crippen molar-refractivity contribution in [1.82, 2.24) is 9.80 Å². The number of allylic oxidation sites excluding steroid dienone is 1. The minimum atomic E-state index is -0.210. The number of morpholine rings is 1. The molecule has 1 aromatic rings. The highest BCUT2D eigenvalue weighted by Crippen LogP contribution is 2.25. The number of carbonyl (C=O) groups is 2. The summed E-state index contributed by atoms with van der Waals surface area (Å²) in [6, 6.07) is 5.11. The van der Waals surface area contributed by atoms with Gasteiger partial charge >= 0.3 is 0 Å². The number of piperazine rings is 1. The van der Waals surface area contributed by atoms with E-state index in [9.17, 15) is 14.0 Å². The van der Waals surface area contributed by atoms with E-state index >= 15 is 0 Å². The molecule has 1 aliphatic carbocycles. The van der Waals surface area contributed by atoms with Gasteiger partial charge in [0.05, 0.1) is 12.2 Å². The Morgan fingerprint density at radius 3 is 2.43 bits per heavy atom. The third-order valence-corrected chi connectivity index (χ3v) is 7.00. The van der Waals surface area contributed by atoms with Crippen LogP contribution in [0.25, 0.3) is 0 Å². The molecule has 2 saturated heterocycles. The maximum Gasteiger partial charge on any atom is 0.270 e. The van der Waals surface area contributed by atoms with Crippen LogP contribution >= 0.6 is 0 Å². The van der Waals surface area contributed by atoms with Gasteiger partial charge in [-0.2, -0.15) is 0 Å². The molecule has 0 aromatic heterocycles. The minimum absolute atomic E-state index is 0.0256. The lowest BCUT2D eigenvalue weighted by Crippen LogP contribution is -2.49. The number of hydrogen-bond acceptors (Lipinski definition) is 6. The van der Waals surface area contributed by atoms with Gasteiger partial charge in [-0.3, -0.25) is 14.6 Å². The molecule has 0 radical (unpaired) electrons. The molecular weight excluding hydrogens is 449 g/mol. The van der Waals surface area contributed by atoms with E-state index in [-0.39, 0.29) is 42.1 Å². The van der Waals surface area contributed by atoms with Crippen molar-refractivity contribution in [3.8, 4) is 0 Å². The van der Waals surface area contributed by atoms with Crippen molar-refractivity contribution >= 4 is 23.2 Å². The normalized spacial score (nSPS) is 25.8. The number of nitrogens with two attached hydrogens (primary N) is 1. The van der Waals surface area contributed by atoms with Gasteiger partial charge in [-0.15, -0.1) is 0 Å². The lowest BCUT2D eigenvalue weighted by Gasteiger charge is -2.36. The second-order valence-corrected chi connectivity index (χ2v) is 9.78. The molecule has 2 aliphatic heterocycles.